The summed E-state index contributed by atoms with van der Waals surface area (Å²) in [6, 6.07) is 3.40. The highest BCUT2D eigenvalue weighted by molar-refractivity contribution is 14.1. The highest BCUT2D eigenvalue weighted by Gasteiger charge is 2.27. The molecule has 1 heterocycles. The minimum atomic E-state index is -0.121. The van der Waals surface area contributed by atoms with Gasteiger partial charge in [0.05, 0.1) is 24.2 Å². The lowest BCUT2D eigenvalue weighted by Gasteiger charge is -2.35. The Morgan fingerprint density at radius 2 is 1.79 bits per heavy atom. The van der Waals surface area contributed by atoms with Crippen LogP contribution in [0, 0.1) is 3.57 Å². The monoisotopic (exact) mass is 465 g/mol. The molecular weight excluding hydrogens is 445 g/mol. The summed E-state index contributed by atoms with van der Waals surface area (Å²) in [5.74, 6) is 0.478. The lowest BCUT2D eigenvalue weighted by atomic mass is 10.1. The van der Waals surface area contributed by atoms with Gasteiger partial charge in [-0.15, -0.1) is 0 Å². The fourth-order valence-corrected chi connectivity index (χ4v) is 3.17. The average molecular weight is 466 g/mol. The second kappa shape index (κ2) is 8.35. The van der Waals surface area contributed by atoms with E-state index in [4.69, 9.17) is 16.3 Å². The number of carbonyl (C=O) groups excluding carboxylic acids is 2. The quantitative estimate of drug-likeness (QED) is 0.637. The maximum Gasteiger partial charge on any atom is 0.257 e. The Kier molecular flexibility index (Phi) is 6.70. The summed E-state index contributed by atoms with van der Waals surface area (Å²) in [7, 11) is 5.27. The van der Waals surface area contributed by atoms with Crippen LogP contribution in [0.2, 0.25) is 5.02 Å². The minimum Gasteiger partial charge on any atom is -0.496 e. The fraction of sp³-hybridized carbons (Fsp3) is 0.500. The van der Waals surface area contributed by atoms with E-state index in [1.54, 1.807) is 21.9 Å². The Balaban J connectivity index is 2.06. The third kappa shape index (κ3) is 4.52. The summed E-state index contributed by atoms with van der Waals surface area (Å²) >= 11 is 8.25. The van der Waals surface area contributed by atoms with E-state index < -0.39 is 0 Å². The molecule has 24 heavy (non-hydrogen) atoms. The zero-order valence-electron chi connectivity index (χ0n) is 14.0. The molecule has 1 aliphatic rings. The smallest absolute Gasteiger partial charge is 0.257 e. The molecule has 0 N–H and O–H groups in total. The lowest BCUT2D eigenvalue weighted by molar-refractivity contribution is -0.133. The number of piperazine rings is 1. The molecular formula is C16H21ClIN3O3. The summed E-state index contributed by atoms with van der Waals surface area (Å²) in [4.78, 5) is 30.2. The fourth-order valence-electron chi connectivity index (χ4n) is 2.56. The molecule has 0 bridgehead atoms. The van der Waals surface area contributed by atoms with Crippen LogP contribution in [0.5, 0.6) is 5.75 Å². The molecule has 2 amide bonds. The predicted molar refractivity (Wildman–Crippen MR) is 102 cm³/mol. The first-order valence-corrected chi connectivity index (χ1v) is 9.04. The molecule has 0 unspecified atom stereocenters. The van der Waals surface area contributed by atoms with Gasteiger partial charge in [0.2, 0.25) is 5.91 Å². The number of carbonyl (C=O) groups is 2. The van der Waals surface area contributed by atoms with Crippen molar-refractivity contribution in [3.8, 4) is 5.75 Å². The van der Waals surface area contributed by atoms with E-state index in [0.29, 0.717) is 49.1 Å². The van der Waals surface area contributed by atoms with Gasteiger partial charge in [-0.2, -0.15) is 0 Å². The number of methoxy groups -OCH3 is 1. The van der Waals surface area contributed by atoms with Crippen LogP contribution in [0.3, 0.4) is 0 Å². The van der Waals surface area contributed by atoms with Crippen molar-refractivity contribution in [2.45, 2.75) is 0 Å². The number of hydrogen-bond donors (Lipinski definition) is 0. The zero-order valence-corrected chi connectivity index (χ0v) is 16.9. The van der Waals surface area contributed by atoms with Crippen LogP contribution in [0.15, 0.2) is 12.1 Å². The molecule has 1 fully saturated rings. The van der Waals surface area contributed by atoms with Gasteiger partial charge in [0.25, 0.3) is 5.91 Å². The first kappa shape index (κ1) is 19.3. The molecule has 8 heteroatoms. The molecule has 1 aliphatic heterocycles. The molecule has 0 spiro atoms. The van der Waals surface area contributed by atoms with Crippen molar-refractivity contribution in [2.75, 3.05) is 53.9 Å². The summed E-state index contributed by atoms with van der Waals surface area (Å²) in [6.45, 7) is 2.47. The van der Waals surface area contributed by atoms with Crippen molar-refractivity contribution in [1.82, 2.24) is 14.7 Å². The number of likely N-dealkylation sites (N-methyl/N-ethyl adjacent to an activating group) is 1. The first-order valence-electron chi connectivity index (χ1n) is 7.58. The highest BCUT2D eigenvalue weighted by atomic mass is 127. The molecule has 6 nitrogen and oxygen atoms in total. The van der Waals surface area contributed by atoms with Gasteiger partial charge in [0.15, 0.2) is 0 Å². The van der Waals surface area contributed by atoms with E-state index >= 15 is 0 Å². The number of nitrogens with zero attached hydrogens (tertiary/aromatic N) is 3. The minimum absolute atomic E-state index is 0.0852. The summed E-state index contributed by atoms with van der Waals surface area (Å²) in [5.41, 5.74) is 0.455. The van der Waals surface area contributed by atoms with Crippen LogP contribution in [-0.4, -0.2) is 80.4 Å². The number of ether oxygens (including phenoxy) is 1. The summed E-state index contributed by atoms with van der Waals surface area (Å²) < 4.78 is 6.15. The Bertz CT molecular complexity index is 631. The summed E-state index contributed by atoms with van der Waals surface area (Å²) in [6.07, 6.45) is 0. The number of amides is 2. The Labute approximate surface area is 160 Å². The van der Waals surface area contributed by atoms with Crippen LogP contribution in [-0.2, 0) is 4.79 Å². The van der Waals surface area contributed by atoms with Crippen molar-refractivity contribution in [2.24, 2.45) is 0 Å². The molecule has 0 atom stereocenters. The molecule has 0 radical (unpaired) electrons. The van der Waals surface area contributed by atoms with Gasteiger partial charge >= 0.3 is 0 Å². The largest absolute Gasteiger partial charge is 0.496 e. The van der Waals surface area contributed by atoms with Crippen LogP contribution >= 0.6 is 34.2 Å². The average Bonchev–Trinajstić information content (AvgIpc) is 2.55. The molecule has 1 saturated heterocycles. The standard InChI is InChI=1S/C16H21ClIN3O3/c1-19(2)10-15(22)20-4-6-21(7-5-20)16(23)11-8-12(17)13(18)9-14(11)24-3/h8-9H,4-7,10H2,1-3H3. The topological polar surface area (TPSA) is 53.1 Å². The summed E-state index contributed by atoms with van der Waals surface area (Å²) in [5, 5.41) is 0.527. The van der Waals surface area contributed by atoms with Crippen molar-refractivity contribution in [1.29, 1.82) is 0 Å². The molecule has 1 aromatic carbocycles. The highest BCUT2D eigenvalue weighted by Crippen LogP contribution is 2.29. The van der Waals surface area contributed by atoms with Crippen molar-refractivity contribution in [3.63, 3.8) is 0 Å². The van der Waals surface area contributed by atoms with Gasteiger partial charge in [-0.25, -0.2) is 0 Å². The number of halogens is 2. The van der Waals surface area contributed by atoms with Crippen molar-refractivity contribution >= 4 is 46.0 Å². The van der Waals surface area contributed by atoms with Gasteiger partial charge in [-0.05, 0) is 48.8 Å². The first-order chi connectivity index (χ1) is 11.3. The Morgan fingerprint density at radius 1 is 1.21 bits per heavy atom. The van der Waals surface area contributed by atoms with E-state index in [0.717, 1.165) is 3.57 Å². The second-order valence-electron chi connectivity index (χ2n) is 5.88. The SMILES string of the molecule is COc1cc(I)c(Cl)cc1C(=O)N1CCN(C(=O)CN(C)C)CC1. The lowest BCUT2D eigenvalue weighted by Crippen LogP contribution is -2.52. The zero-order chi connectivity index (χ0) is 17.9. The third-order valence-corrected chi connectivity index (χ3v) is 5.37. The Morgan fingerprint density at radius 3 is 2.33 bits per heavy atom. The molecule has 0 aromatic heterocycles. The van der Waals surface area contributed by atoms with Crippen LogP contribution in [0.25, 0.3) is 0 Å². The van der Waals surface area contributed by atoms with Gasteiger partial charge in [0, 0.05) is 29.7 Å². The second-order valence-corrected chi connectivity index (χ2v) is 7.45. The maximum absolute atomic E-state index is 12.8. The van der Waals surface area contributed by atoms with Gasteiger partial charge < -0.3 is 19.4 Å². The molecule has 0 aliphatic carbocycles. The van der Waals surface area contributed by atoms with E-state index in [1.165, 1.54) is 7.11 Å². The van der Waals surface area contributed by atoms with E-state index in [2.05, 4.69) is 22.6 Å². The van der Waals surface area contributed by atoms with E-state index in [1.807, 2.05) is 19.0 Å². The number of hydrogen-bond acceptors (Lipinski definition) is 4. The van der Waals surface area contributed by atoms with Crippen molar-refractivity contribution in [3.05, 3.63) is 26.3 Å². The molecule has 132 valence electrons. The number of benzene rings is 1. The van der Waals surface area contributed by atoms with Crippen molar-refractivity contribution < 1.29 is 14.3 Å². The molecule has 0 saturated carbocycles. The third-order valence-electron chi connectivity index (χ3n) is 3.84. The number of rotatable bonds is 4. The van der Waals surface area contributed by atoms with Crippen LogP contribution in [0.4, 0.5) is 0 Å². The molecule has 1 aromatic rings. The van der Waals surface area contributed by atoms with Gasteiger partial charge in [-0.1, -0.05) is 11.6 Å². The van der Waals surface area contributed by atoms with Gasteiger partial charge in [0.1, 0.15) is 5.75 Å². The van der Waals surface area contributed by atoms with Gasteiger partial charge in [-0.3, -0.25) is 9.59 Å². The molecule has 2 rings (SSSR count). The Hall–Kier alpha value is -1.06. The van der Waals surface area contributed by atoms with Crippen LogP contribution < -0.4 is 4.74 Å². The van der Waals surface area contributed by atoms with E-state index in [9.17, 15) is 9.59 Å². The maximum atomic E-state index is 12.8. The van der Waals surface area contributed by atoms with Crippen LogP contribution in [0.1, 0.15) is 10.4 Å². The predicted octanol–water partition coefficient (Wildman–Crippen LogP) is 1.80. The normalized spacial score (nSPS) is 14.9. The van der Waals surface area contributed by atoms with E-state index in [-0.39, 0.29) is 11.8 Å².